The maximum atomic E-state index is 13.5. The van der Waals surface area contributed by atoms with Crippen molar-refractivity contribution >= 4 is 41.5 Å². The zero-order chi connectivity index (χ0) is 83.1. The van der Waals surface area contributed by atoms with Crippen molar-refractivity contribution in [2.24, 2.45) is 15.9 Å². The average molecular weight is 1640 g/mol. The van der Waals surface area contributed by atoms with Crippen LogP contribution in [0.4, 0.5) is 0 Å². The smallest absolute Gasteiger partial charge is 0.320 e. The topological polar surface area (TPSA) is 657 Å². The Kier molecular flexibility index (Phi) is 39.0. The highest BCUT2D eigenvalue weighted by molar-refractivity contribution is 6.31. The lowest BCUT2D eigenvalue weighted by Crippen LogP contribution is -3.00. The summed E-state index contributed by atoms with van der Waals surface area (Å²) in [5.74, 6) is 2.60. The number of aliphatic hydroxyl groups is 12. The van der Waals surface area contributed by atoms with Crippen molar-refractivity contribution in [1.82, 2.24) is 76.0 Å². The normalized spacial score (nSPS) is 27.0. The maximum absolute atomic E-state index is 13.5. The molecule has 48 nitrogen and oxygen atoms in total. The fraction of sp³-hybridized carbons (Fsp3) is 0.803. The fourth-order valence-corrected chi connectivity index (χ4v) is 13.0. The van der Waals surface area contributed by atoms with E-state index in [0.29, 0.717) is 36.5 Å². The van der Waals surface area contributed by atoms with Gasteiger partial charge in [0.2, 0.25) is 29.9 Å². The third-order valence-electron chi connectivity index (χ3n) is 18.8. The van der Waals surface area contributed by atoms with Crippen LogP contribution in [0.3, 0.4) is 0 Å². The van der Waals surface area contributed by atoms with Crippen LogP contribution < -0.4 is 27.1 Å². The van der Waals surface area contributed by atoms with E-state index < -0.39 is 178 Å². The van der Waals surface area contributed by atoms with Crippen LogP contribution in [0.15, 0.2) is 28.7 Å². The van der Waals surface area contributed by atoms with Crippen LogP contribution in [0, 0.1) is 0 Å². The Balaban J connectivity index is 0.984. The molecule has 0 bridgehead atoms. The summed E-state index contributed by atoms with van der Waals surface area (Å²) in [7, 11) is 0. The lowest BCUT2D eigenvalue weighted by atomic mass is 9.53. The Hall–Kier alpha value is -7.13. The molecule has 0 radical (unpaired) electrons. The lowest BCUT2D eigenvalue weighted by molar-refractivity contribution is -0.475. The molecule has 114 heavy (non-hydrogen) atoms. The SMILES string of the molecule is CC(=O)NC(O)C(OCCOCCn1cc(CN(CCCC[C@H](C(=O)O)N(CC(C=NCCOCCOC2OC3(CO)C(O)C(O)C23NC(C)=O)=NN)Cc2cn(CCOCCOC3OC(CO)C(O)C(O)C3NC(C)=O)nn2)Cc2cn(CCOCCOC3OC(CO)C(O)C(O)C3NC(C)=O)nn2)nn1)OC(CO)C(C)O. The number of hydrazone groups is 1. The van der Waals surface area contributed by atoms with Gasteiger partial charge in [-0.3, -0.25) is 38.8 Å². The van der Waals surface area contributed by atoms with Gasteiger partial charge >= 0.3 is 5.97 Å². The highest BCUT2D eigenvalue weighted by Crippen LogP contribution is 2.57. The number of rotatable bonds is 56. The minimum absolute atomic E-state index is 0.000746. The molecule has 1 saturated carbocycles. The summed E-state index contributed by atoms with van der Waals surface area (Å²) < 4.78 is 72.8. The van der Waals surface area contributed by atoms with Crippen LogP contribution in [-0.4, -0.2) is 410 Å². The Labute approximate surface area is 654 Å². The van der Waals surface area contributed by atoms with Gasteiger partial charge < -0.3 is 150 Å². The van der Waals surface area contributed by atoms with E-state index in [9.17, 15) is 90.4 Å². The molecule has 4 fully saturated rings. The number of carboxylic acid groups (broad SMARTS) is 1. The van der Waals surface area contributed by atoms with E-state index >= 15 is 0 Å². The summed E-state index contributed by atoms with van der Waals surface area (Å²) in [6.07, 6.45) is -13.0. The van der Waals surface area contributed by atoms with Crippen LogP contribution in [0.5, 0.6) is 0 Å². The molecule has 6 heterocycles. The summed E-state index contributed by atoms with van der Waals surface area (Å²) >= 11 is 0. The highest BCUT2D eigenvalue weighted by atomic mass is 16.7. The number of aliphatic hydroxyl groups excluding tert-OH is 12. The molecular formula is C66H112N18O30. The number of hydrogen-bond acceptors (Lipinski definition) is 40. The number of aliphatic carboxylic acids is 1. The fourth-order valence-electron chi connectivity index (χ4n) is 13.0. The Morgan fingerprint density at radius 2 is 1.14 bits per heavy atom. The number of aliphatic imine (C=N–C) groups is 1. The van der Waals surface area contributed by atoms with Crippen molar-refractivity contribution in [3.05, 3.63) is 35.7 Å². The molecule has 4 amide bonds. The molecule has 7 rings (SSSR count). The van der Waals surface area contributed by atoms with Gasteiger partial charge in [-0.1, -0.05) is 22.1 Å². The van der Waals surface area contributed by atoms with Crippen LogP contribution in [0.2, 0.25) is 0 Å². The second-order valence-corrected chi connectivity index (χ2v) is 27.4. The number of hydrogen-bond donors (Lipinski definition) is 18. The summed E-state index contributed by atoms with van der Waals surface area (Å²) in [6, 6.07) is -3.47. The number of unbranched alkanes of at least 4 members (excludes halogenated alkanes) is 1. The largest absolute Gasteiger partial charge is 0.480 e. The predicted molar refractivity (Wildman–Crippen MR) is 383 cm³/mol. The van der Waals surface area contributed by atoms with E-state index in [0.717, 1.165) is 0 Å². The highest BCUT2D eigenvalue weighted by Gasteiger charge is 2.85. The van der Waals surface area contributed by atoms with E-state index in [1.54, 1.807) is 32.9 Å². The number of carboxylic acids is 1. The molecule has 0 aromatic carbocycles. The van der Waals surface area contributed by atoms with Gasteiger partial charge in [0.25, 0.3) is 0 Å². The summed E-state index contributed by atoms with van der Waals surface area (Å²) in [5.41, 5.74) is -1.62. The first kappa shape index (κ1) is 94.0. The number of carbonyl (C=O) groups is 5. The van der Waals surface area contributed by atoms with Crippen LogP contribution >= 0.6 is 0 Å². The molecule has 1 aliphatic carbocycles. The molecular weight excluding hydrogens is 1520 g/mol. The first-order chi connectivity index (χ1) is 54.6. The van der Waals surface area contributed by atoms with Gasteiger partial charge in [0.05, 0.1) is 161 Å². The minimum Gasteiger partial charge on any atom is -0.480 e. The van der Waals surface area contributed by atoms with Crippen LogP contribution in [0.25, 0.3) is 0 Å². The molecule has 3 aromatic rings. The maximum Gasteiger partial charge on any atom is 0.320 e. The average Bonchev–Trinajstić information content (AvgIpc) is 0.699. The van der Waals surface area contributed by atoms with E-state index in [4.69, 9.17) is 62.7 Å². The molecule has 19 unspecified atom stereocenters. The molecule has 3 saturated heterocycles. The number of carbonyl (C=O) groups excluding carboxylic acids is 4. The van der Waals surface area contributed by atoms with Crippen molar-refractivity contribution in [1.29, 1.82) is 0 Å². The first-order valence-electron chi connectivity index (χ1n) is 37.1. The van der Waals surface area contributed by atoms with E-state index in [1.165, 1.54) is 45.5 Å². The van der Waals surface area contributed by atoms with Crippen molar-refractivity contribution in [2.75, 3.05) is 125 Å². The molecule has 4 aliphatic rings. The Morgan fingerprint density at radius 3 is 1.60 bits per heavy atom. The van der Waals surface area contributed by atoms with Gasteiger partial charge in [-0.15, -0.1) is 15.3 Å². The Bertz CT molecular complexity index is 3440. The van der Waals surface area contributed by atoms with Crippen LogP contribution in [-0.2, 0) is 120 Å². The molecule has 3 aromatic heterocycles. The Morgan fingerprint density at radius 1 is 0.640 bits per heavy atom. The summed E-state index contributed by atoms with van der Waals surface area (Å²) in [4.78, 5) is 69.0. The molecule has 3 aliphatic heterocycles. The molecule has 0 spiro atoms. The first-order valence-corrected chi connectivity index (χ1v) is 37.1. The second kappa shape index (κ2) is 47.3. The number of ether oxygens (including phenoxy) is 12. The molecule has 48 heteroatoms. The summed E-state index contributed by atoms with van der Waals surface area (Å²) in [6.45, 7) is 5.02. The second-order valence-electron chi connectivity index (χ2n) is 27.4. The number of nitrogens with zero attached hydrogens (tertiary/aromatic N) is 13. The third-order valence-corrected chi connectivity index (χ3v) is 18.8. The van der Waals surface area contributed by atoms with Gasteiger partial charge in [-0.2, -0.15) is 5.10 Å². The molecule has 646 valence electrons. The van der Waals surface area contributed by atoms with E-state index in [-0.39, 0.29) is 144 Å². The monoisotopic (exact) mass is 1640 g/mol. The van der Waals surface area contributed by atoms with E-state index in [1.807, 2.05) is 4.90 Å². The zero-order valence-electron chi connectivity index (χ0n) is 64.1. The van der Waals surface area contributed by atoms with Gasteiger partial charge in [-0.05, 0) is 26.3 Å². The van der Waals surface area contributed by atoms with E-state index in [2.05, 4.69) is 62.3 Å². The predicted octanol–water partition coefficient (Wildman–Crippen LogP) is -10.8. The third kappa shape index (κ3) is 27.0. The van der Waals surface area contributed by atoms with Gasteiger partial charge in [0.15, 0.2) is 36.2 Å². The molecule has 20 atom stereocenters. The number of nitrogens with two attached hydrogens (primary N) is 1. The van der Waals surface area contributed by atoms with Crippen molar-refractivity contribution in [3.8, 4) is 0 Å². The van der Waals surface area contributed by atoms with Crippen LogP contribution in [0.1, 0.15) is 71.0 Å². The van der Waals surface area contributed by atoms with Gasteiger partial charge in [-0.25, -0.2) is 14.0 Å². The number of nitrogens with one attached hydrogen (secondary N) is 4. The van der Waals surface area contributed by atoms with Crippen molar-refractivity contribution < 1.29 is 147 Å². The number of fused-ring (bicyclic) bond motifs is 1. The van der Waals surface area contributed by atoms with Crippen molar-refractivity contribution in [3.63, 3.8) is 0 Å². The molecule has 19 N–H and O–H groups in total. The minimum atomic E-state index is -1.64. The standard InChI is InChI=1S/C66H112N18O30/c1-38(89)48(34-85)111-63(59(100)71-41(4)92)109-24-20-106-16-12-83-32-45(75-78-83)28-80(27-44-31-82(77-74-44)11-15-104-18-22-107-61-51(69-39(2)90)55(96)53(94)49(35-86)112-61)10-7-6-8-47(60(101)102)81(29-43(73-67)26-68-9-14-103-21-25-110-64-66(72-42(5)93)58(99)57(98)65(66,37-88)114-64)30-46-33-84(79-76-46)13-17-105-19-23-108-62-52(70-40(3)91)56(97)54(95)50(36-87)113-62/h26,31-33,38,47-59,61-64,85-89,94-100H,6-25,27-30,34-37,67H2,1-5H3,(H,69,90)(H,70,91)(H,71,92)(H,72,93)(H,101,102)/t38?,47-,48?,49?,50?,51?,52?,53?,54?,55?,56?,57?,58?,59?,61?,62?,63?,64?,65?,66?/m1/s1. The van der Waals surface area contributed by atoms with Gasteiger partial charge in [0, 0.05) is 78.7 Å². The number of amides is 4. The summed E-state index contributed by atoms with van der Waals surface area (Å²) in [5, 5.41) is 173. The quantitative estimate of drug-likeness (QED) is 0.00820. The number of aromatic nitrogens is 9. The van der Waals surface area contributed by atoms with Crippen molar-refractivity contribution in [2.45, 2.75) is 215 Å². The van der Waals surface area contributed by atoms with Gasteiger partial charge in [0.1, 0.15) is 73.1 Å². The zero-order valence-corrected chi connectivity index (χ0v) is 64.1. The lowest BCUT2D eigenvalue weighted by Gasteiger charge is -2.73.